The van der Waals surface area contributed by atoms with Crippen molar-refractivity contribution in [1.82, 2.24) is 0 Å². The quantitative estimate of drug-likeness (QED) is 0.616. The Kier molecular flexibility index (Phi) is 1.33. The van der Waals surface area contributed by atoms with Crippen molar-refractivity contribution in [3.05, 3.63) is 0 Å². The molecule has 0 aromatic rings. The van der Waals surface area contributed by atoms with Crippen molar-refractivity contribution in [2.75, 3.05) is 7.11 Å². The van der Waals surface area contributed by atoms with E-state index in [1.54, 1.807) is 7.11 Å². The van der Waals surface area contributed by atoms with Crippen LogP contribution >= 0.6 is 0 Å². The lowest BCUT2D eigenvalue weighted by Gasteiger charge is -2.51. The molecule has 3 rings (SSSR count). The van der Waals surface area contributed by atoms with Gasteiger partial charge in [-0.2, -0.15) is 0 Å². The number of Topliss-reactive ketones (excluding diaryl/α,β-unsaturated/α-hetero) is 1. The summed E-state index contributed by atoms with van der Waals surface area (Å²) in [5.41, 5.74) is 0.381. The van der Waals surface area contributed by atoms with Gasteiger partial charge < -0.3 is 4.74 Å². The van der Waals surface area contributed by atoms with Crippen LogP contribution in [0.5, 0.6) is 0 Å². The largest absolute Gasteiger partial charge is 0.380 e. The predicted molar refractivity (Wildman–Crippen MR) is 48.4 cm³/mol. The summed E-state index contributed by atoms with van der Waals surface area (Å²) in [5, 5.41) is 0. The summed E-state index contributed by atoms with van der Waals surface area (Å²) in [5.74, 6) is 0.503. The molecule has 0 unspecified atom stereocenters. The summed E-state index contributed by atoms with van der Waals surface area (Å²) in [7, 11) is 1.76. The van der Waals surface area contributed by atoms with Gasteiger partial charge in [0.05, 0.1) is 11.5 Å². The second kappa shape index (κ2) is 2.17. The maximum absolute atomic E-state index is 11.9. The fourth-order valence-corrected chi connectivity index (χ4v) is 4.23. The molecule has 0 spiro atoms. The SMILES string of the molecule is CO[C@H]1CC[C@@]23CCC(=O)[C@@]12CC3. The van der Waals surface area contributed by atoms with Crippen molar-refractivity contribution in [3.8, 4) is 0 Å². The molecule has 3 aliphatic rings. The van der Waals surface area contributed by atoms with E-state index in [1.165, 1.54) is 12.8 Å². The number of carbonyl (C=O) groups is 1. The van der Waals surface area contributed by atoms with Crippen LogP contribution in [0.2, 0.25) is 0 Å². The van der Waals surface area contributed by atoms with Crippen LogP contribution in [0.4, 0.5) is 0 Å². The number of rotatable bonds is 1. The molecule has 3 atom stereocenters. The Labute approximate surface area is 78.6 Å². The Bertz CT molecular complexity index is 273. The van der Waals surface area contributed by atoms with E-state index in [4.69, 9.17) is 4.74 Å². The van der Waals surface area contributed by atoms with Gasteiger partial charge in [0.1, 0.15) is 5.78 Å². The van der Waals surface area contributed by atoms with Crippen molar-refractivity contribution in [3.63, 3.8) is 0 Å². The lowest BCUT2D eigenvalue weighted by atomic mass is 9.52. The molecule has 0 radical (unpaired) electrons. The van der Waals surface area contributed by atoms with Gasteiger partial charge in [-0.05, 0) is 37.5 Å². The van der Waals surface area contributed by atoms with E-state index in [0.29, 0.717) is 11.2 Å². The first-order valence-electron chi connectivity index (χ1n) is 5.31. The molecule has 3 fully saturated rings. The van der Waals surface area contributed by atoms with Gasteiger partial charge in [0, 0.05) is 13.5 Å². The highest BCUT2D eigenvalue weighted by Gasteiger charge is 2.72. The van der Waals surface area contributed by atoms with Crippen molar-refractivity contribution in [2.24, 2.45) is 10.8 Å². The molecule has 0 amide bonds. The smallest absolute Gasteiger partial charge is 0.142 e. The van der Waals surface area contributed by atoms with Crippen LogP contribution in [0.25, 0.3) is 0 Å². The van der Waals surface area contributed by atoms with Gasteiger partial charge in [-0.25, -0.2) is 0 Å². The number of hydrogen-bond donors (Lipinski definition) is 0. The van der Waals surface area contributed by atoms with Crippen molar-refractivity contribution < 1.29 is 9.53 Å². The molecule has 0 aliphatic heterocycles. The van der Waals surface area contributed by atoms with Gasteiger partial charge >= 0.3 is 0 Å². The number of carbonyl (C=O) groups excluding carboxylic acids is 1. The molecule has 0 N–H and O–H groups in total. The fraction of sp³-hybridized carbons (Fsp3) is 0.909. The molecule has 72 valence electrons. The zero-order chi connectivity index (χ0) is 9.10. The zero-order valence-electron chi connectivity index (χ0n) is 8.14. The number of ketones is 1. The van der Waals surface area contributed by atoms with Crippen LogP contribution in [0.1, 0.15) is 38.5 Å². The van der Waals surface area contributed by atoms with E-state index < -0.39 is 0 Å². The third-order valence-electron chi connectivity index (χ3n) is 4.99. The topological polar surface area (TPSA) is 26.3 Å². The molecule has 0 heterocycles. The number of ether oxygens (including phenoxy) is 1. The molecule has 3 saturated carbocycles. The fourth-order valence-electron chi connectivity index (χ4n) is 4.23. The van der Waals surface area contributed by atoms with E-state index >= 15 is 0 Å². The number of methoxy groups -OCH3 is 1. The average Bonchev–Trinajstić information content (AvgIpc) is 2.40. The molecule has 13 heavy (non-hydrogen) atoms. The first kappa shape index (κ1) is 7.98. The van der Waals surface area contributed by atoms with Crippen molar-refractivity contribution >= 4 is 5.78 Å². The summed E-state index contributed by atoms with van der Waals surface area (Å²) in [4.78, 5) is 11.9. The van der Waals surface area contributed by atoms with E-state index in [2.05, 4.69) is 0 Å². The molecular formula is C11H16O2. The number of hydrogen-bond acceptors (Lipinski definition) is 2. The van der Waals surface area contributed by atoms with Crippen LogP contribution in [0.15, 0.2) is 0 Å². The van der Waals surface area contributed by atoms with Crippen molar-refractivity contribution in [1.29, 1.82) is 0 Å². The van der Waals surface area contributed by atoms with E-state index in [0.717, 1.165) is 25.7 Å². The molecule has 0 aromatic heterocycles. The highest BCUT2D eigenvalue weighted by atomic mass is 16.5. The second-order valence-electron chi connectivity index (χ2n) is 4.94. The minimum Gasteiger partial charge on any atom is -0.380 e. The van der Waals surface area contributed by atoms with E-state index in [9.17, 15) is 4.79 Å². The van der Waals surface area contributed by atoms with Crippen LogP contribution in [-0.2, 0) is 9.53 Å². The van der Waals surface area contributed by atoms with Crippen LogP contribution in [-0.4, -0.2) is 19.0 Å². The second-order valence-corrected chi connectivity index (χ2v) is 4.94. The van der Waals surface area contributed by atoms with E-state index in [-0.39, 0.29) is 11.5 Å². The molecule has 0 aromatic carbocycles. The monoisotopic (exact) mass is 180 g/mol. The van der Waals surface area contributed by atoms with Crippen LogP contribution in [0.3, 0.4) is 0 Å². The molecule has 3 aliphatic carbocycles. The molecule has 0 bridgehead atoms. The third-order valence-corrected chi connectivity index (χ3v) is 4.99. The highest BCUT2D eigenvalue weighted by molar-refractivity contribution is 5.90. The summed E-state index contributed by atoms with van der Waals surface area (Å²) in [6.07, 6.45) is 6.93. The third kappa shape index (κ3) is 0.622. The molecule has 2 heteroatoms. The van der Waals surface area contributed by atoms with Gasteiger partial charge in [-0.1, -0.05) is 0 Å². The standard InChI is InChI=1S/C11H16O2/c1-13-9-3-5-10-4-2-8(12)11(9,10)7-6-10/h9H,2-7H2,1H3/t9-,10+,11-/m0/s1. The molecular weight excluding hydrogens is 164 g/mol. The maximum Gasteiger partial charge on any atom is 0.142 e. The zero-order valence-corrected chi connectivity index (χ0v) is 8.14. The average molecular weight is 180 g/mol. The van der Waals surface area contributed by atoms with Gasteiger partial charge in [0.2, 0.25) is 0 Å². The first-order valence-corrected chi connectivity index (χ1v) is 5.31. The van der Waals surface area contributed by atoms with Gasteiger partial charge in [-0.15, -0.1) is 0 Å². The minimum atomic E-state index is -0.0122. The summed E-state index contributed by atoms with van der Waals surface area (Å²) >= 11 is 0. The minimum absolute atomic E-state index is 0.0122. The van der Waals surface area contributed by atoms with Crippen molar-refractivity contribution in [2.45, 2.75) is 44.6 Å². The van der Waals surface area contributed by atoms with Gasteiger partial charge in [0.15, 0.2) is 0 Å². The Morgan fingerprint density at radius 2 is 2.15 bits per heavy atom. The van der Waals surface area contributed by atoms with Crippen LogP contribution < -0.4 is 0 Å². The normalized spacial score (nSPS) is 53.0. The Morgan fingerprint density at radius 1 is 1.31 bits per heavy atom. The summed E-state index contributed by atoms with van der Waals surface area (Å²) < 4.78 is 5.49. The highest BCUT2D eigenvalue weighted by Crippen LogP contribution is 2.73. The maximum atomic E-state index is 11.9. The Hall–Kier alpha value is -0.370. The predicted octanol–water partition coefficient (Wildman–Crippen LogP) is 1.92. The summed E-state index contributed by atoms with van der Waals surface area (Å²) in [6.45, 7) is 0. The molecule has 2 nitrogen and oxygen atoms in total. The molecule has 0 saturated heterocycles. The summed E-state index contributed by atoms with van der Waals surface area (Å²) in [6, 6.07) is 0. The first-order chi connectivity index (χ1) is 6.25. The Balaban J connectivity index is 2.06. The van der Waals surface area contributed by atoms with Gasteiger partial charge in [0.25, 0.3) is 0 Å². The van der Waals surface area contributed by atoms with Gasteiger partial charge in [-0.3, -0.25) is 4.79 Å². The van der Waals surface area contributed by atoms with Crippen LogP contribution in [0, 0.1) is 10.8 Å². The van der Waals surface area contributed by atoms with E-state index in [1.807, 2.05) is 0 Å². The lowest BCUT2D eigenvalue weighted by molar-refractivity contribution is -0.152. The Morgan fingerprint density at radius 3 is 2.77 bits per heavy atom. The lowest BCUT2D eigenvalue weighted by Crippen LogP contribution is -2.53.